The second kappa shape index (κ2) is 5.00. The molecule has 0 amide bonds. The van der Waals surface area contributed by atoms with Crippen molar-refractivity contribution < 1.29 is 4.74 Å². The molecule has 0 aliphatic rings. The van der Waals surface area contributed by atoms with E-state index in [1.807, 2.05) is 37.4 Å². The van der Waals surface area contributed by atoms with Gasteiger partial charge in [0.25, 0.3) is 0 Å². The molecular formula is C17H18N2O. The van der Waals surface area contributed by atoms with Crippen molar-refractivity contribution in [3.8, 4) is 5.75 Å². The zero-order valence-corrected chi connectivity index (χ0v) is 12.1. The molecular weight excluding hydrogens is 248 g/mol. The lowest BCUT2D eigenvalue weighted by atomic mass is 10.1. The van der Waals surface area contributed by atoms with Crippen molar-refractivity contribution in [3.05, 3.63) is 65.1 Å². The van der Waals surface area contributed by atoms with Gasteiger partial charge in [-0.2, -0.15) is 0 Å². The number of hydrogen-bond donors (Lipinski definition) is 0. The first kappa shape index (κ1) is 12.7. The van der Waals surface area contributed by atoms with E-state index in [-0.39, 0.29) is 0 Å². The van der Waals surface area contributed by atoms with E-state index in [1.54, 1.807) is 0 Å². The molecule has 3 rings (SSSR count). The number of aryl methyl sites for hydroxylation is 3. The van der Waals surface area contributed by atoms with Crippen molar-refractivity contribution in [2.24, 2.45) is 0 Å². The molecule has 20 heavy (non-hydrogen) atoms. The molecule has 0 atom stereocenters. The third-order valence-corrected chi connectivity index (χ3v) is 3.73. The first-order valence-corrected chi connectivity index (χ1v) is 6.78. The van der Waals surface area contributed by atoms with Crippen LogP contribution in [0.25, 0.3) is 5.65 Å². The molecule has 0 bridgehead atoms. The number of hydrogen-bond acceptors (Lipinski definition) is 2. The van der Waals surface area contributed by atoms with Crippen molar-refractivity contribution in [2.75, 3.05) is 0 Å². The fraction of sp³-hybridized carbons (Fsp3) is 0.235. The third kappa shape index (κ3) is 2.16. The Balaban J connectivity index is 1.92. The molecule has 0 aliphatic heterocycles. The van der Waals surface area contributed by atoms with Crippen LogP contribution in [-0.2, 0) is 6.61 Å². The van der Waals surface area contributed by atoms with Crippen LogP contribution in [0.4, 0.5) is 0 Å². The Morgan fingerprint density at radius 3 is 2.65 bits per heavy atom. The quantitative estimate of drug-likeness (QED) is 0.720. The molecule has 0 spiro atoms. The van der Waals surface area contributed by atoms with Crippen molar-refractivity contribution >= 4 is 5.65 Å². The summed E-state index contributed by atoms with van der Waals surface area (Å²) in [5.74, 6) is 0.826. The Kier molecular flexibility index (Phi) is 3.18. The van der Waals surface area contributed by atoms with Crippen LogP contribution in [0.15, 0.2) is 42.6 Å². The predicted octanol–water partition coefficient (Wildman–Crippen LogP) is 3.84. The highest BCUT2D eigenvalue weighted by Gasteiger charge is 2.09. The number of ether oxygens (including phenoxy) is 1. The number of pyridine rings is 1. The van der Waals surface area contributed by atoms with E-state index in [0.29, 0.717) is 6.61 Å². The van der Waals surface area contributed by atoms with Crippen LogP contribution in [-0.4, -0.2) is 9.38 Å². The summed E-state index contributed by atoms with van der Waals surface area (Å²) in [5.41, 5.74) is 5.53. The summed E-state index contributed by atoms with van der Waals surface area (Å²) in [4.78, 5) is 4.59. The standard InChI is InChI=1S/C17H18N2O/c1-12-7-4-5-8-15(12)11-20-16-9-6-10-19-14(3)13(2)18-17(16)19/h4-10H,11H2,1-3H3. The lowest BCUT2D eigenvalue weighted by Crippen LogP contribution is -1.99. The van der Waals surface area contributed by atoms with E-state index in [1.165, 1.54) is 11.1 Å². The lowest BCUT2D eigenvalue weighted by Gasteiger charge is -2.09. The Morgan fingerprint density at radius 1 is 1.05 bits per heavy atom. The third-order valence-electron chi connectivity index (χ3n) is 3.73. The van der Waals surface area contributed by atoms with Crippen LogP contribution in [0.3, 0.4) is 0 Å². The maximum Gasteiger partial charge on any atom is 0.180 e. The summed E-state index contributed by atoms with van der Waals surface area (Å²) < 4.78 is 8.04. The van der Waals surface area contributed by atoms with E-state index in [9.17, 15) is 0 Å². The zero-order valence-electron chi connectivity index (χ0n) is 12.1. The van der Waals surface area contributed by atoms with Gasteiger partial charge in [0.05, 0.1) is 5.69 Å². The Labute approximate surface area is 118 Å². The molecule has 2 aromatic heterocycles. The van der Waals surface area contributed by atoms with Crippen molar-refractivity contribution in [2.45, 2.75) is 27.4 Å². The number of nitrogens with zero attached hydrogens (tertiary/aromatic N) is 2. The molecule has 0 N–H and O–H groups in total. The minimum absolute atomic E-state index is 0.567. The van der Waals surface area contributed by atoms with Gasteiger partial charge in [-0.05, 0) is 44.0 Å². The van der Waals surface area contributed by atoms with Gasteiger partial charge in [0.2, 0.25) is 0 Å². The van der Waals surface area contributed by atoms with Crippen LogP contribution < -0.4 is 4.74 Å². The van der Waals surface area contributed by atoms with E-state index in [0.717, 1.165) is 22.8 Å². The van der Waals surface area contributed by atoms with Crippen molar-refractivity contribution in [1.82, 2.24) is 9.38 Å². The smallest absolute Gasteiger partial charge is 0.180 e. The van der Waals surface area contributed by atoms with Crippen LogP contribution in [0.5, 0.6) is 5.75 Å². The van der Waals surface area contributed by atoms with Crippen LogP contribution in [0, 0.1) is 20.8 Å². The van der Waals surface area contributed by atoms with Crippen molar-refractivity contribution in [3.63, 3.8) is 0 Å². The molecule has 0 radical (unpaired) electrons. The highest BCUT2D eigenvalue weighted by molar-refractivity contribution is 5.55. The molecule has 1 aromatic carbocycles. The van der Waals surface area contributed by atoms with Gasteiger partial charge in [0.15, 0.2) is 11.4 Å². The van der Waals surface area contributed by atoms with Gasteiger partial charge in [-0.25, -0.2) is 4.98 Å². The molecule has 0 aliphatic carbocycles. The van der Waals surface area contributed by atoms with E-state index in [4.69, 9.17) is 4.74 Å². The van der Waals surface area contributed by atoms with Crippen molar-refractivity contribution in [1.29, 1.82) is 0 Å². The fourth-order valence-electron chi connectivity index (χ4n) is 2.31. The van der Waals surface area contributed by atoms with Crippen LogP contribution in [0.1, 0.15) is 22.5 Å². The first-order chi connectivity index (χ1) is 9.66. The van der Waals surface area contributed by atoms with E-state index in [2.05, 4.69) is 35.4 Å². The molecule has 0 saturated carbocycles. The molecule has 3 aromatic rings. The second-order valence-electron chi connectivity index (χ2n) is 5.06. The monoisotopic (exact) mass is 266 g/mol. The maximum atomic E-state index is 5.97. The summed E-state index contributed by atoms with van der Waals surface area (Å²) in [5, 5.41) is 0. The van der Waals surface area contributed by atoms with E-state index >= 15 is 0 Å². The van der Waals surface area contributed by atoms with Crippen LogP contribution in [0.2, 0.25) is 0 Å². The highest BCUT2D eigenvalue weighted by atomic mass is 16.5. The molecule has 0 saturated heterocycles. The van der Waals surface area contributed by atoms with Crippen LogP contribution >= 0.6 is 0 Å². The summed E-state index contributed by atoms with van der Waals surface area (Å²) in [6.45, 7) is 6.76. The average molecular weight is 266 g/mol. The summed E-state index contributed by atoms with van der Waals surface area (Å²) in [6, 6.07) is 12.2. The van der Waals surface area contributed by atoms with Gasteiger partial charge in [0.1, 0.15) is 6.61 Å². The Bertz CT molecular complexity index is 759. The fourth-order valence-corrected chi connectivity index (χ4v) is 2.31. The average Bonchev–Trinajstić information content (AvgIpc) is 2.74. The number of fused-ring (bicyclic) bond motifs is 1. The summed E-state index contributed by atoms with van der Waals surface area (Å²) in [7, 11) is 0. The second-order valence-corrected chi connectivity index (χ2v) is 5.06. The topological polar surface area (TPSA) is 26.5 Å². The van der Waals surface area contributed by atoms with E-state index < -0.39 is 0 Å². The molecule has 0 unspecified atom stereocenters. The Morgan fingerprint density at radius 2 is 1.85 bits per heavy atom. The summed E-state index contributed by atoms with van der Waals surface area (Å²) >= 11 is 0. The summed E-state index contributed by atoms with van der Waals surface area (Å²) in [6.07, 6.45) is 2.02. The normalized spacial score (nSPS) is 10.9. The van der Waals surface area contributed by atoms with Gasteiger partial charge in [-0.1, -0.05) is 24.3 Å². The minimum Gasteiger partial charge on any atom is -0.485 e. The largest absolute Gasteiger partial charge is 0.485 e. The molecule has 2 heterocycles. The lowest BCUT2D eigenvalue weighted by molar-refractivity contribution is 0.307. The van der Waals surface area contributed by atoms with Gasteiger partial charge >= 0.3 is 0 Å². The maximum absolute atomic E-state index is 5.97. The number of aromatic nitrogens is 2. The first-order valence-electron chi connectivity index (χ1n) is 6.78. The molecule has 3 heteroatoms. The number of imidazole rings is 1. The Hall–Kier alpha value is -2.29. The zero-order chi connectivity index (χ0) is 14.1. The molecule has 3 nitrogen and oxygen atoms in total. The van der Waals surface area contributed by atoms with Gasteiger partial charge in [0, 0.05) is 11.9 Å². The molecule has 102 valence electrons. The highest BCUT2D eigenvalue weighted by Crippen LogP contribution is 2.22. The predicted molar refractivity (Wildman–Crippen MR) is 80.2 cm³/mol. The van der Waals surface area contributed by atoms with Gasteiger partial charge in [-0.15, -0.1) is 0 Å². The van der Waals surface area contributed by atoms with Gasteiger partial charge in [-0.3, -0.25) is 0 Å². The number of benzene rings is 1. The minimum atomic E-state index is 0.567. The SMILES string of the molecule is Cc1ccccc1COc1cccn2c(C)c(C)nc12. The molecule has 0 fully saturated rings. The number of rotatable bonds is 3. The van der Waals surface area contributed by atoms with Gasteiger partial charge < -0.3 is 9.14 Å².